The summed E-state index contributed by atoms with van der Waals surface area (Å²) in [5.41, 5.74) is 1.15. The van der Waals surface area contributed by atoms with Crippen LogP contribution >= 0.6 is 0 Å². The largest absolute Gasteiger partial charge is 0.497 e. The molecule has 5 heteroatoms. The molecule has 0 aliphatic carbocycles. The van der Waals surface area contributed by atoms with Crippen molar-refractivity contribution in [3.63, 3.8) is 0 Å². The van der Waals surface area contributed by atoms with Gasteiger partial charge in [0.1, 0.15) is 5.75 Å². The van der Waals surface area contributed by atoms with Crippen LogP contribution in [0.2, 0.25) is 0 Å². The summed E-state index contributed by atoms with van der Waals surface area (Å²) in [7, 11) is 1.66. The van der Waals surface area contributed by atoms with Crippen LogP contribution in [0.4, 0.5) is 0 Å². The summed E-state index contributed by atoms with van der Waals surface area (Å²) in [5.74, 6) is 0.906. The van der Waals surface area contributed by atoms with E-state index in [0.29, 0.717) is 13.0 Å². The first kappa shape index (κ1) is 15.8. The minimum absolute atomic E-state index is 0.0633. The number of hydrogen-bond donors (Lipinski definition) is 2. The quantitative estimate of drug-likeness (QED) is 0.825. The van der Waals surface area contributed by atoms with E-state index in [9.17, 15) is 4.79 Å². The Morgan fingerprint density at radius 3 is 3.14 bits per heavy atom. The van der Waals surface area contributed by atoms with Gasteiger partial charge in [0.2, 0.25) is 5.91 Å². The fourth-order valence-corrected chi connectivity index (χ4v) is 2.51. The van der Waals surface area contributed by atoms with Crippen molar-refractivity contribution in [2.75, 3.05) is 26.9 Å². The van der Waals surface area contributed by atoms with Gasteiger partial charge < -0.3 is 20.1 Å². The monoisotopic (exact) mass is 292 g/mol. The van der Waals surface area contributed by atoms with Crippen LogP contribution in [0.15, 0.2) is 24.3 Å². The number of morpholine rings is 1. The Kier molecular flexibility index (Phi) is 6.02. The summed E-state index contributed by atoms with van der Waals surface area (Å²) >= 11 is 0. The van der Waals surface area contributed by atoms with Crippen molar-refractivity contribution >= 4 is 5.91 Å². The number of rotatable bonds is 6. The Morgan fingerprint density at radius 1 is 1.57 bits per heavy atom. The van der Waals surface area contributed by atoms with E-state index in [2.05, 4.69) is 10.6 Å². The zero-order valence-electron chi connectivity index (χ0n) is 12.7. The van der Waals surface area contributed by atoms with Gasteiger partial charge in [-0.05, 0) is 31.0 Å². The van der Waals surface area contributed by atoms with E-state index in [4.69, 9.17) is 9.47 Å². The van der Waals surface area contributed by atoms with E-state index in [1.54, 1.807) is 7.11 Å². The lowest BCUT2D eigenvalue weighted by molar-refractivity contribution is -0.122. The maximum Gasteiger partial charge on any atom is 0.221 e. The van der Waals surface area contributed by atoms with Crippen LogP contribution in [-0.2, 0) is 16.0 Å². The molecule has 2 unspecified atom stereocenters. The molecule has 1 aliphatic heterocycles. The summed E-state index contributed by atoms with van der Waals surface area (Å²) in [5, 5.41) is 6.32. The standard InChI is InChI=1S/C16H24N2O3/c1-12(8-13-4-3-5-15(9-13)20-2)18-16(19)10-14-11-21-7-6-17-14/h3-5,9,12,14,17H,6-8,10-11H2,1-2H3,(H,18,19). The van der Waals surface area contributed by atoms with Crippen LogP contribution in [-0.4, -0.2) is 44.9 Å². The van der Waals surface area contributed by atoms with Crippen LogP contribution in [0.25, 0.3) is 0 Å². The molecule has 0 spiro atoms. The topological polar surface area (TPSA) is 59.6 Å². The second-order valence-corrected chi connectivity index (χ2v) is 5.45. The second-order valence-electron chi connectivity index (χ2n) is 5.45. The molecule has 1 fully saturated rings. The summed E-state index contributed by atoms with van der Waals surface area (Å²) in [6.45, 7) is 4.17. The molecule has 2 rings (SSSR count). The van der Waals surface area contributed by atoms with Crippen molar-refractivity contribution in [1.29, 1.82) is 0 Å². The highest BCUT2D eigenvalue weighted by atomic mass is 16.5. The number of carbonyl (C=O) groups excluding carboxylic acids is 1. The SMILES string of the molecule is COc1cccc(CC(C)NC(=O)CC2COCCN2)c1. The molecule has 1 aromatic rings. The van der Waals surface area contributed by atoms with Gasteiger partial charge in [0, 0.05) is 25.0 Å². The summed E-state index contributed by atoms with van der Waals surface area (Å²) < 4.78 is 10.6. The average molecular weight is 292 g/mol. The zero-order valence-corrected chi connectivity index (χ0v) is 12.7. The average Bonchev–Trinajstić information content (AvgIpc) is 2.48. The number of methoxy groups -OCH3 is 1. The molecule has 5 nitrogen and oxygen atoms in total. The third-order valence-corrected chi connectivity index (χ3v) is 3.51. The highest BCUT2D eigenvalue weighted by molar-refractivity contribution is 5.76. The van der Waals surface area contributed by atoms with E-state index in [1.807, 2.05) is 31.2 Å². The highest BCUT2D eigenvalue weighted by Crippen LogP contribution is 2.14. The van der Waals surface area contributed by atoms with Crippen molar-refractivity contribution < 1.29 is 14.3 Å². The number of benzene rings is 1. The minimum atomic E-state index is 0.0633. The van der Waals surface area contributed by atoms with E-state index in [1.165, 1.54) is 0 Å². The van der Waals surface area contributed by atoms with Crippen LogP contribution in [0, 0.1) is 0 Å². The molecule has 116 valence electrons. The molecule has 0 saturated carbocycles. The van der Waals surface area contributed by atoms with E-state index in [0.717, 1.165) is 30.9 Å². The van der Waals surface area contributed by atoms with Crippen molar-refractivity contribution in [2.24, 2.45) is 0 Å². The summed E-state index contributed by atoms with van der Waals surface area (Å²) in [4.78, 5) is 12.0. The molecule has 1 heterocycles. The van der Waals surface area contributed by atoms with Gasteiger partial charge in [0.25, 0.3) is 0 Å². The molecule has 1 aromatic carbocycles. The fourth-order valence-electron chi connectivity index (χ4n) is 2.51. The number of ether oxygens (including phenoxy) is 2. The van der Waals surface area contributed by atoms with Gasteiger partial charge in [0.05, 0.1) is 20.3 Å². The smallest absolute Gasteiger partial charge is 0.221 e. The number of nitrogens with one attached hydrogen (secondary N) is 2. The van der Waals surface area contributed by atoms with E-state index < -0.39 is 0 Å². The Labute approximate surface area is 126 Å². The summed E-state index contributed by atoms with van der Waals surface area (Å²) in [6.07, 6.45) is 1.25. The molecule has 0 bridgehead atoms. The number of amides is 1. The van der Waals surface area contributed by atoms with E-state index in [-0.39, 0.29) is 18.0 Å². The minimum Gasteiger partial charge on any atom is -0.497 e. The molecule has 0 aromatic heterocycles. The molecule has 21 heavy (non-hydrogen) atoms. The Hall–Kier alpha value is -1.59. The molecular formula is C16H24N2O3. The third-order valence-electron chi connectivity index (χ3n) is 3.51. The van der Waals surface area contributed by atoms with Crippen LogP contribution in [0.3, 0.4) is 0 Å². The molecule has 2 atom stereocenters. The van der Waals surface area contributed by atoms with Crippen LogP contribution in [0.1, 0.15) is 18.9 Å². The zero-order chi connectivity index (χ0) is 15.1. The third kappa shape index (κ3) is 5.36. The lowest BCUT2D eigenvalue weighted by atomic mass is 10.1. The second kappa shape index (κ2) is 8.00. The highest BCUT2D eigenvalue weighted by Gasteiger charge is 2.18. The van der Waals surface area contributed by atoms with Gasteiger partial charge in [-0.25, -0.2) is 0 Å². The van der Waals surface area contributed by atoms with Crippen molar-refractivity contribution in [1.82, 2.24) is 10.6 Å². The Morgan fingerprint density at radius 2 is 2.43 bits per heavy atom. The number of carbonyl (C=O) groups is 1. The maximum atomic E-state index is 12.0. The van der Waals surface area contributed by atoms with Gasteiger partial charge in [-0.2, -0.15) is 0 Å². The molecule has 1 amide bonds. The molecule has 1 aliphatic rings. The van der Waals surface area contributed by atoms with Crippen molar-refractivity contribution in [2.45, 2.75) is 31.8 Å². The van der Waals surface area contributed by atoms with Crippen LogP contribution < -0.4 is 15.4 Å². The Bertz CT molecular complexity index is 459. The molecule has 0 radical (unpaired) electrons. The lowest BCUT2D eigenvalue weighted by Gasteiger charge is -2.24. The molecule has 1 saturated heterocycles. The van der Waals surface area contributed by atoms with Gasteiger partial charge in [0.15, 0.2) is 0 Å². The van der Waals surface area contributed by atoms with Gasteiger partial charge in [-0.15, -0.1) is 0 Å². The molecular weight excluding hydrogens is 268 g/mol. The normalized spacial score (nSPS) is 19.8. The summed E-state index contributed by atoms with van der Waals surface area (Å²) in [6, 6.07) is 8.14. The van der Waals surface area contributed by atoms with Gasteiger partial charge >= 0.3 is 0 Å². The van der Waals surface area contributed by atoms with Crippen molar-refractivity contribution in [3.05, 3.63) is 29.8 Å². The van der Waals surface area contributed by atoms with Gasteiger partial charge in [-0.3, -0.25) is 4.79 Å². The Balaban J connectivity index is 1.77. The van der Waals surface area contributed by atoms with E-state index >= 15 is 0 Å². The van der Waals surface area contributed by atoms with Crippen molar-refractivity contribution in [3.8, 4) is 5.75 Å². The lowest BCUT2D eigenvalue weighted by Crippen LogP contribution is -2.45. The van der Waals surface area contributed by atoms with Gasteiger partial charge in [-0.1, -0.05) is 12.1 Å². The first-order valence-corrected chi connectivity index (χ1v) is 7.41. The first-order chi connectivity index (χ1) is 10.2. The first-order valence-electron chi connectivity index (χ1n) is 7.41. The number of hydrogen-bond acceptors (Lipinski definition) is 4. The van der Waals surface area contributed by atoms with Crippen LogP contribution in [0.5, 0.6) is 5.75 Å². The predicted octanol–water partition coefficient (Wildman–Crippen LogP) is 1.12. The predicted molar refractivity (Wildman–Crippen MR) is 81.5 cm³/mol. The fraction of sp³-hybridized carbons (Fsp3) is 0.562. The maximum absolute atomic E-state index is 12.0. The molecule has 2 N–H and O–H groups in total.